The van der Waals surface area contributed by atoms with Gasteiger partial charge in [0.1, 0.15) is 0 Å². The van der Waals surface area contributed by atoms with Crippen LogP contribution in [0.3, 0.4) is 0 Å². The second kappa shape index (κ2) is 10.0. The second-order valence-corrected chi connectivity index (χ2v) is 8.99. The molecule has 6 nitrogen and oxygen atoms in total. The molecule has 3 rings (SSSR count). The van der Waals surface area contributed by atoms with Crippen LogP contribution in [-0.4, -0.2) is 45.7 Å². The van der Waals surface area contributed by atoms with Crippen LogP contribution in [-0.2, 0) is 9.59 Å². The van der Waals surface area contributed by atoms with E-state index in [1.807, 2.05) is 52.2 Å². The minimum Gasteiger partial charge on any atom is -0.339 e. The van der Waals surface area contributed by atoms with Crippen molar-refractivity contribution in [2.75, 3.05) is 14.1 Å². The normalized spacial score (nSPS) is 17.0. The van der Waals surface area contributed by atoms with Gasteiger partial charge in [-0.05, 0) is 55.4 Å². The Kier molecular flexibility index (Phi) is 7.42. The number of hydrogen-bond acceptors (Lipinski definition) is 4. The highest BCUT2D eigenvalue weighted by molar-refractivity contribution is 5.81. The third-order valence-corrected chi connectivity index (χ3v) is 7.00. The minimum absolute atomic E-state index is 0.0522. The van der Waals surface area contributed by atoms with Crippen LogP contribution in [0, 0.1) is 5.41 Å². The highest BCUT2D eigenvalue weighted by atomic mass is 16.2. The summed E-state index contributed by atoms with van der Waals surface area (Å²) in [6.45, 7) is 4.04. The van der Waals surface area contributed by atoms with Crippen molar-refractivity contribution in [3.8, 4) is 0 Å². The Balaban J connectivity index is 1.67. The van der Waals surface area contributed by atoms with Crippen LogP contribution in [0.1, 0.15) is 75.6 Å². The van der Waals surface area contributed by atoms with Gasteiger partial charge in [-0.15, -0.1) is 0 Å². The molecule has 2 atom stereocenters. The zero-order chi connectivity index (χ0) is 22.4. The summed E-state index contributed by atoms with van der Waals surface area (Å²) in [5.74, 6) is 0.183. The van der Waals surface area contributed by atoms with Crippen LogP contribution < -0.4 is 0 Å². The summed E-state index contributed by atoms with van der Waals surface area (Å²) in [5.41, 5.74) is 1.78. The zero-order valence-corrected chi connectivity index (χ0v) is 19.1. The number of nitrogens with zero attached hydrogens (tertiary/aromatic N) is 4. The van der Waals surface area contributed by atoms with Crippen LogP contribution in [0.25, 0.3) is 0 Å². The molecule has 0 bridgehead atoms. The Morgan fingerprint density at radius 3 is 1.65 bits per heavy atom. The van der Waals surface area contributed by atoms with Gasteiger partial charge in [0.05, 0.1) is 12.1 Å². The van der Waals surface area contributed by atoms with E-state index >= 15 is 0 Å². The standard InChI is InChI=1S/C25H34N4O2/c1-19(21-9-7-13-26-17-21)28(3)23(30)15-25(11-5-6-12-25)16-24(31)29(4)20(2)22-10-8-14-27-18-22/h7-10,13-14,17-20H,5-6,11-12,15-16H2,1-4H3. The monoisotopic (exact) mass is 422 g/mol. The summed E-state index contributed by atoms with van der Waals surface area (Å²) in [7, 11) is 3.70. The first kappa shape index (κ1) is 22.9. The molecule has 31 heavy (non-hydrogen) atoms. The molecule has 0 aliphatic heterocycles. The van der Waals surface area contributed by atoms with Crippen LogP contribution in [0.2, 0.25) is 0 Å². The Morgan fingerprint density at radius 1 is 0.871 bits per heavy atom. The molecular formula is C25H34N4O2. The van der Waals surface area contributed by atoms with E-state index in [2.05, 4.69) is 9.97 Å². The predicted molar refractivity (Wildman–Crippen MR) is 121 cm³/mol. The average molecular weight is 423 g/mol. The van der Waals surface area contributed by atoms with Gasteiger partial charge in [0.15, 0.2) is 0 Å². The summed E-state index contributed by atoms with van der Waals surface area (Å²) in [5, 5.41) is 0. The maximum Gasteiger partial charge on any atom is 0.223 e. The molecule has 0 aromatic carbocycles. The van der Waals surface area contributed by atoms with Crippen molar-refractivity contribution in [3.63, 3.8) is 0 Å². The van der Waals surface area contributed by atoms with Gasteiger partial charge in [-0.3, -0.25) is 19.6 Å². The van der Waals surface area contributed by atoms with Crippen molar-refractivity contribution in [2.45, 2.75) is 64.5 Å². The number of aromatic nitrogens is 2. The molecule has 1 aliphatic carbocycles. The Hall–Kier alpha value is -2.76. The third kappa shape index (κ3) is 5.49. The molecule has 166 valence electrons. The van der Waals surface area contributed by atoms with Gasteiger partial charge in [0.2, 0.25) is 11.8 Å². The molecule has 0 spiro atoms. The molecule has 1 aliphatic rings. The molecule has 2 amide bonds. The summed E-state index contributed by atoms with van der Waals surface area (Å²) < 4.78 is 0. The fourth-order valence-corrected chi connectivity index (χ4v) is 4.56. The quantitative estimate of drug-likeness (QED) is 0.626. The van der Waals surface area contributed by atoms with E-state index in [9.17, 15) is 9.59 Å². The van der Waals surface area contributed by atoms with Gasteiger partial charge in [0.25, 0.3) is 0 Å². The zero-order valence-electron chi connectivity index (χ0n) is 19.1. The van der Waals surface area contributed by atoms with Crippen molar-refractivity contribution in [3.05, 3.63) is 60.2 Å². The minimum atomic E-state index is -0.250. The highest BCUT2D eigenvalue weighted by Gasteiger charge is 2.40. The number of amides is 2. The largest absolute Gasteiger partial charge is 0.339 e. The van der Waals surface area contributed by atoms with Gasteiger partial charge >= 0.3 is 0 Å². The summed E-state index contributed by atoms with van der Waals surface area (Å²) in [4.78, 5) is 38.3. The van der Waals surface area contributed by atoms with E-state index in [1.54, 1.807) is 34.6 Å². The Bertz CT molecular complexity index is 798. The van der Waals surface area contributed by atoms with Gasteiger partial charge in [0, 0.05) is 51.7 Å². The first-order chi connectivity index (χ1) is 14.8. The molecule has 1 saturated carbocycles. The third-order valence-electron chi connectivity index (χ3n) is 7.00. The molecule has 0 saturated heterocycles. The average Bonchev–Trinajstić information content (AvgIpc) is 3.25. The van der Waals surface area contributed by atoms with Gasteiger partial charge in [-0.25, -0.2) is 0 Å². The fourth-order valence-electron chi connectivity index (χ4n) is 4.56. The van der Waals surface area contributed by atoms with Gasteiger partial charge in [-0.2, -0.15) is 0 Å². The molecule has 0 N–H and O–H groups in total. The SMILES string of the molecule is CC(c1cccnc1)N(C)C(=O)CC1(CC(=O)N(C)C(C)c2cccnc2)CCCC1. The van der Waals surface area contributed by atoms with E-state index in [0.29, 0.717) is 12.8 Å². The first-order valence-corrected chi connectivity index (χ1v) is 11.1. The van der Waals surface area contributed by atoms with Crippen molar-refractivity contribution in [1.29, 1.82) is 0 Å². The molecule has 2 unspecified atom stereocenters. The van der Waals surface area contributed by atoms with E-state index in [1.165, 1.54) is 0 Å². The lowest BCUT2D eigenvalue weighted by molar-refractivity contribution is -0.138. The smallest absolute Gasteiger partial charge is 0.223 e. The summed E-state index contributed by atoms with van der Waals surface area (Å²) >= 11 is 0. The van der Waals surface area contributed by atoms with E-state index in [0.717, 1.165) is 36.8 Å². The summed E-state index contributed by atoms with van der Waals surface area (Å²) in [6.07, 6.45) is 11.9. The van der Waals surface area contributed by atoms with Crippen molar-refractivity contribution in [1.82, 2.24) is 19.8 Å². The number of carbonyl (C=O) groups is 2. The molecule has 0 radical (unpaired) electrons. The van der Waals surface area contributed by atoms with Crippen LogP contribution in [0.5, 0.6) is 0 Å². The maximum atomic E-state index is 13.2. The molecule has 2 aromatic heterocycles. The molecular weight excluding hydrogens is 388 g/mol. The number of rotatable bonds is 8. The number of carbonyl (C=O) groups excluding carboxylic acids is 2. The van der Waals surface area contributed by atoms with Crippen LogP contribution in [0.4, 0.5) is 0 Å². The predicted octanol–water partition coefficient (Wildman–Crippen LogP) is 4.56. The topological polar surface area (TPSA) is 66.4 Å². The molecule has 2 aromatic rings. The van der Waals surface area contributed by atoms with Crippen LogP contribution >= 0.6 is 0 Å². The van der Waals surface area contributed by atoms with Gasteiger partial charge in [-0.1, -0.05) is 25.0 Å². The lowest BCUT2D eigenvalue weighted by Gasteiger charge is -2.34. The van der Waals surface area contributed by atoms with E-state index in [4.69, 9.17) is 0 Å². The molecule has 6 heteroatoms. The van der Waals surface area contributed by atoms with E-state index < -0.39 is 0 Å². The molecule has 2 heterocycles. The van der Waals surface area contributed by atoms with Crippen molar-refractivity contribution in [2.24, 2.45) is 5.41 Å². The lowest BCUT2D eigenvalue weighted by atomic mass is 9.78. The van der Waals surface area contributed by atoms with Crippen LogP contribution in [0.15, 0.2) is 49.1 Å². The lowest BCUT2D eigenvalue weighted by Crippen LogP contribution is -2.38. The van der Waals surface area contributed by atoms with E-state index in [-0.39, 0.29) is 29.3 Å². The maximum absolute atomic E-state index is 13.2. The highest BCUT2D eigenvalue weighted by Crippen LogP contribution is 2.45. The van der Waals surface area contributed by atoms with Crippen molar-refractivity contribution >= 4 is 11.8 Å². The second-order valence-electron chi connectivity index (χ2n) is 8.99. The summed E-state index contributed by atoms with van der Waals surface area (Å²) in [6, 6.07) is 7.66. The molecule has 1 fully saturated rings. The number of hydrogen-bond donors (Lipinski definition) is 0. The Labute approximate surface area is 185 Å². The number of pyridine rings is 2. The Morgan fingerprint density at radius 2 is 1.29 bits per heavy atom. The van der Waals surface area contributed by atoms with Gasteiger partial charge < -0.3 is 9.80 Å². The fraction of sp³-hybridized carbons (Fsp3) is 0.520. The van der Waals surface area contributed by atoms with Crippen molar-refractivity contribution < 1.29 is 9.59 Å². The first-order valence-electron chi connectivity index (χ1n) is 11.1.